The molecule has 0 bridgehead atoms. The highest BCUT2D eigenvalue weighted by atomic mass is 16.2. The van der Waals surface area contributed by atoms with E-state index in [1.165, 1.54) is 0 Å². The maximum atomic E-state index is 12.2. The fourth-order valence-corrected chi connectivity index (χ4v) is 2.66. The number of aromatic nitrogens is 1. The lowest BCUT2D eigenvalue weighted by Crippen LogP contribution is -2.46. The van der Waals surface area contributed by atoms with Gasteiger partial charge in [0.1, 0.15) is 0 Å². The standard InChI is InChI=1S/C14H21N3O/c1-10(2)17-13(18)8-5-6-11(15)14(17)12-7-3-4-9-16-12/h3-4,7,9-11,14H,5-6,8,15H2,1-2H3. The van der Waals surface area contributed by atoms with E-state index in [9.17, 15) is 4.79 Å². The average Bonchev–Trinajstić information content (AvgIpc) is 2.49. The molecule has 0 aromatic carbocycles. The second-order valence-corrected chi connectivity index (χ2v) is 5.15. The molecule has 2 N–H and O–H groups in total. The number of carbonyl (C=O) groups excluding carboxylic acids is 1. The van der Waals surface area contributed by atoms with E-state index in [1.807, 2.05) is 36.9 Å². The fraction of sp³-hybridized carbons (Fsp3) is 0.571. The summed E-state index contributed by atoms with van der Waals surface area (Å²) in [5, 5.41) is 0. The zero-order valence-electron chi connectivity index (χ0n) is 11.0. The zero-order valence-corrected chi connectivity index (χ0v) is 11.0. The summed E-state index contributed by atoms with van der Waals surface area (Å²) in [6, 6.07) is 5.80. The van der Waals surface area contributed by atoms with Gasteiger partial charge in [0.25, 0.3) is 0 Å². The normalized spacial score (nSPS) is 25.3. The van der Waals surface area contributed by atoms with Gasteiger partial charge in [-0.15, -0.1) is 0 Å². The molecule has 0 radical (unpaired) electrons. The molecule has 1 aliphatic rings. The third-order valence-electron chi connectivity index (χ3n) is 3.47. The van der Waals surface area contributed by atoms with Gasteiger partial charge in [0.2, 0.25) is 5.91 Å². The van der Waals surface area contributed by atoms with Crippen molar-refractivity contribution in [3.63, 3.8) is 0 Å². The quantitative estimate of drug-likeness (QED) is 0.868. The Morgan fingerprint density at radius 3 is 2.83 bits per heavy atom. The summed E-state index contributed by atoms with van der Waals surface area (Å²) >= 11 is 0. The minimum Gasteiger partial charge on any atom is -0.330 e. The molecule has 2 rings (SSSR count). The van der Waals surface area contributed by atoms with Crippen LogP contribution in [0.3, 0.4) is 0 Å². The van der Waals surface area contributed by atoms with Crippen LogP contribution in [0.15, 0.2) is 24.4 Å². The lowest BCUT2D eigenvalue weighted by atomic mass is 9.99. The summed E-state index contributed by atoms with van der Waals surface area (Å²) in [6.07, 6.45) is 4.09. The molecule has 4 nitrogen and oxygen atoms in total. The molecule has 4 heteroatoms. The van der Waals surface area contributed by atoms with E-state index in [4.69, 9.17) is 5.73 Å². The van der Waals surface area contributed by atoms with Crippen LogP contribution >= 0.6 is 0 Å². The molecule has 1 aliphatic heterocycles. The van der Waals surface area contributed by atoms with Crippen molar-refractivity contribution in [2.24, 2.45) is 5.73 Å². The Bertz CT molecular complexity index is 405. The molecule has 2 heterocycles. The smallest absolute Gasteiger partial charge is 0.223 e. The molecule has 0 saturated carbocycles. The van der Waals surface area contributed by atoms with Crippen LogP contribution in [0.25, 0.3) is 0 Å². The maximum Gasteiger partial charge on any atom is 0.223 e. The van der Waals surface area contributed by atoms with Crippen molar-refractivity contribution in [3.8, 4) is 0 Å². The summed E-state index contributed by atoms with van der Waals surface area (Å²) in [6.45, 7) is 4.07. The van der Waals surface area contributed by atoms with Crippen LogP contribution < -0.4 is 5.73 Å². The third kappa shape index (κ3) is 2.53. The number of hydrogen-bond acceptors (Lipinski definition) is 3. The minimum absolute atomic E-state index is 0.0336. The molecule has 2 unspecified atom stereocenters. The van der Waals surface area contributed by atoms with Gasteiger partial charge >= 0.3 is 0 Å². The van der Waals surface area contributed by atoms with Gasteiger partial charge in [-0.2, -0.15) is 0 Å². The first-order valence-electron chi connectivity index (χ1n) is 6.59. The SMILES string of the molecule is CC(C)N1C(=O)CCCC(N)C1c1ccccn1. The third-order valence-corrected chi connectivity index (χ3v) is 3.47. The van der Waals surface area contributed by atoms with Crippen molar-refractivity contribution in [2.75, 3.05) is 0 Å². The number of rotatable bonds is 2. The van der Waals surface area contributed by atoms with Gasteiger partial charge in [0.05, 0.1) is 11.7 Å². The number of carbonyl (C=O) groups is 1. The monoisotopic (exact) mass is 247 g/mol. The van der Waals surface area contributed by atoms with Crippen LogP contribution in [0.1, 0.15) is 44.8 Å². The molecule has 98 valence electrons. The van der Waals surface area contributed by atoms with E-state index < -0.39 is 0 Å². The van der Waals surface area contributed by atoms with Crippen LogP contribution in [-0.4, -0.2) is 27.9 Å². The first-order valence-corrected chi connectivity index (χ1v) is 6.59. The first kappa shape index (κ1) is 13.0. The highest BCUT2D eigenvalue weighted by molar-refractivity contribution is 5.77. The molecule has 1 fully saturated rings. The number of amides is 1. The molecule has 1 aromatic heterocycles. The average molecular weight is 247 g/mol. The maximum absolute atomic E-state index is 12.2. The molecule has 1 aromatic rings. The van der Waals surface area contributed by atoms with Gasteiger partial charge in [0, 0.05) is 24.7 Å². The van der Waals surface area contributed by atoms with E-state index in [2.05, 4.69) is 4.98 Å². The van der Waals surface area contributed by atoms with E-state index >= 15 is 0 Å². The Labute approximate surface area is 108 Å². The van der Waals surface area contributed by atoms with Gasteiger partial charge < -0.3 is 10.6 Å². The highest BCUT2D eigenvalue weighted by Crippen LogP contribution is 2.30. The van der Waals surface area contributed by atoms with Crippen LogP contribution in [0, 0.1) is 0 Å². The van der Waals surface area contributed by atoms with E-state index in [0.29, 0.717) is 6.42 Å². The topological polar surface area (TPSA) is 59.2 Å². The van der Waals surface area contributed by atoms with Crippen LogP contribution in [0.4, 0.5) is 0 Å². The molecule has 0 aliphatic carbocycles. The minimum atomic E-state index is -0.0961. The van der Waals surface area contributed by atoms with Gasteiger partial charge in [0.15, 0.2) is 0 Å². The van der Waals surface area contributed by atoms with E-state index in [1.54, 1.807) is 6.20 Å². The van der Waals surface area contributed by atoms with Crippen LogP contribution in [-0.2, 0) is 4.79 Å². The predicted molar refractivity (Wildman–Crippen MR) is 70.8 cm³/mol. The molecule has 1 saturated heterocycles. The molecule has 18 heavy (non-hydrogen) atoms. The summed E-state index contributed by atoms with van der Waals surface area (Å²) < 4.78 is 0. The number of nitrogens with two attached hydrogens (primary N) is 1. The number of nitrogens with zero attached hydrogens (tertiary/aromatic N) is 2. The van der Waals surface area contributed by atoms with Crippen molar-refractivity contribution in [1.29, 1.82) is 0 Å². The van der Waals surface area contributed by atoms with Gasteiger partial charge in [-0.1, -0.05) is 6.07 Å². The Morgan fingerprint density at radius 1 is 1.44 bits per heavy atom. The Morgan fingerprint density at radius 2 is 2.22 bits per heavy atom. The molecule has 1 amide bonds. The Kier molecular flexibility index (Phi) is 3.97. The van der Waals surface area contributed by atoms with Crippen molar-refractivity contribution in [3.05, 3.63) is 30.1 Å². The summed E-state index contributed by atoms with van der Waals surface area (Å²) in [5.74, 6) is 0.189. The van der Waals surface area contributed by atoms with Crippen molar-refractivity contribution in [2.45, 2.75) is 51.2 Å². The Hall–Kier alpha value is -1.42. The first-order chi connectivity index (χ1) is 8.61. The summed E-state index contributed by atoms with van der Waals surface area (Å²) in [5.41, 5.74) is 7.16. The lowest BCUT2D eigenvalue weighted by Gasteiger charge is -2.36. The molecule has 2 atom stereocenters. The fourth-order valence-electron chi connectivity index (χ4n) is 2.66. The van der Waals surface area contributed by atoms with E-state index in [-0.39, 0.29) is 24.0 Å². The number of pyridine rings is 1. The van der Waals surface area contributed by atoms with Gasteiger partial charge in [-0.05, 0) is 38.8 Å². The molecular formula is C14H21N3O. The lowest BCUT2D eigenvalue weighted by molar-refractivity contribution is -0.135. The number of likely N-dealkylation sites (tertiary alicyclic amines) is 1. The molecular weight excluding hydrogens is 226 g/mol. The van der Waals surface area contributed by atoms with Crippen molar-refractivity contribution < 1.29 is 4.79 Å². The summed E-state index contributed by atoms with van der Waals surface area (Å²) in [7, 11) is 0. The van der Waals surface area contributed by atoms with Crippen molar-refractivity contribution in [1.82, 2.24) is 9.88 Å². The largest absolute Gasteiger partial charge is 0.330 e. The Balaban J connectivity index is 2.39. The van der Waals surface area contributed by atoms with Crippen LogP contribution in [0.2, 0.25) is 0 Å². The zero-order chi connectivity index (χ0) is 13.1. The van der Waals surface area contributed by atoms with Gasteiger partial charge in [-0.25, -0.2) is 0 Å². The molecule has 0 spiro atoms. The second kappa shape index (κ2) is 5.48. The second-order valence-electron chi connectivity index (χ2n) is 5.15. The number of hydrogen-bond donors (Lipinski definition) is 1. The van der Waals surface area contributed by atoms with Crippen LogP contribution in [0.5, 0.6) is 0 Å². The van der Waals surface area contributed by atoms with Gasteiger partial charge in [-0.3, -0.25) is 9.78 Å². The van der Waals surface area contributed by atoms with E-state index in [0.717, 1.165) is 18.5 Å². The van der Waals surface area contributed by atoms with Crippen molar-refractivity contribution >= 4 is 5.91 Å². The summed E-state index contributed by atoms with van der Waals surface area (Å²) in [4.78, 5) is 18.5. The predicted octanol–water partition coefficient (Wildman–Crippen LogP) is 1.87. The highest BCUT2D eigenvalue weighted by Gasteiger charge is 2.34.